The molecule has 0 unspecified atom stereocenters. The monoisotopic (exact) mass is 464 g/mol. The van der Waals surface area contributed by atoms with Crippen LogP contribution < -0.4 is 13.9 Å². The molecule has 0 fully saturated rings. The van der Waals surface area contributed by atoms with E-state index < -0.39 is 18.8 Å². The summed E-state index contributed by atoms with van der Waals surface area (Å²) in [5, 5.41) is 0.438. The summed E-state index contributed by atoms with van der Waals surface area (Å²) in [5.41, 5.74) is 0.637. The first-order chi connectivity index (χ1) is 13.3. The number of carbonyl (C=O) groups is 1. The van der Waals surface area contributed by atoms with Crippen LogP contribution in [0.5, 0.6) is 11.5 Å². The number of benzene rings is 2. The van der Waals surface area contributed by atoms with Crippen LogP contribution in [0, 0.1) is 0 Å². The van der Waals surface area contributed by atoms with Crippen LogP contribution in [0.25, 0.3) is 0 Å². The van der Waals surface area contributed by atoms with Crippen molar-refractivity contribution in [2.24, 2.45) is 0 Å². The zero-order valence-corrected chi connectivity index (χ0v) is 17.0. The number of halogens is 3. The summed E-state index contributed by atoms with van der Waals surface area (Å²) in [5.74, 6) is -0.644. The molecule has 0 amide bonds. The number of methoxy groups -OCH3 is 2. The van der Waals surface area contributed by atoms with Crippen molar-refractivity contribution in [3.05, 3.63) is 53.6 Å². The molecule has 0 aliphatic carbocycles. The van der Waals surface area contributed by atoms with Crippen LogP contribution in [0.1, 0.15) is 15.9 Å². The Labute approximate surface area is 166 Å². The molecule has 0 aliphatic heterocycles. The van der Waals surface area contributed by atoms with Gasteiger partial charge < -0.3 is 0 Å². The molecule has 5 nitrogen and oxygen atoms in total. The molecule has 0 atom stereocenters. The van der Waals surface area contributed by atoms with Gasteiger partial charge in [-0.15, -0.1) is 0 Å². The van der Waals surface area contributed by atoms with E-state index in [9.17, 15) is 18.0 Å². The molecule has 9 heteroatoms. The third-order valence-corrected chi connectivity index (χ3v) is 5.64. The van der Waals surface area contributed by atoms with E-state index in [-0.39, 0.29) is 38.8 Å². The summed E-state index contributed by atoms with van der Waals surface area (Å²) in [6.45, 7) is -1.63. The second-order valence-corrected chi connectivity index (χ2v) is 7.70. The van der Waals surface area contributed by atoms with E-state index in [0.29, 0.717) is 10.9 Å². The first-order valence-electron chi connectivity index (χ1n) is 8.08. The van der Waals surface area contributed by atoms with Gasteiger partial charge >= 0.3 is 167 Å². The summed E-state index contributed by atoms with van der Waals surface area (Å²) in [6, 6.07) is 12.2. The van der Waals surface area contributed by atoms with Gasteiger partial charge in [0.15, 0.2) is 0 Å². The van der Waals surface area contributed by atoms with Crippen LogP contribution in [0.2, 0.25) is 0 Å². The quantitative estimate of drug-likeness (QED) is 0.325. The van der Waals surface area contributed by atoms with Crippen LogP contribution in [0.15, 0.2) is 42.5 Å². The van der Waals surface area contributed by atoms with Crippen molar-refractivity contribution < 1.29 is 36.9 Å². The van der Waals surface area contributed by atoms with Gasteiger partial charge in [-0.2, -0.15) is 0 Å². The number of esters is 1. The Hall–Kier alpha value is -2.22. The molecule has 0 aromatic heterocycles. The predicted octanol–water partition coefficient (Wildman–Crippen LogP) is 2.93. The van der Waals surface area contributed by atoms with E-state index >= 15 is 0 Å². The van der Waals surface area contributed by atoms with Crippen molar-refractivity contribution in [3.8, 4) is 11.5 Å². The molecule has 152 valence electrons. The van der Waals surface area contributed by atoms with Gasteiger partial charge in [0.1, 0.15) is 0 Å². The summed E-state index contributed by atoms with van der Waals surface area (Å²) >= 11 is -0.0643. The molecule has 0 saturated heterocycles. The summed E-state index contributed by atoms with van der Waals surface area (Å²) < 4.78 is 58.6. The summed E-state index contributed by atoms with van der Waals surface area (Å²) in [6.07, 6.45) is -4.48. The van der Waals surface area contributed by atoms with Gasteiger partial charge in [0, 0.05) is 0 Å². The van der Waals surface area contributed by atoms with Crippen molar-refractivity contribution in [1.82, 2.24) is 0 Å². The van der Waals surface area contributed by atoms with Gasteiger partial charge in [0.25, 0.3) is 0 Å². The maximum absolute atomic E-state index is 12.5. The van der Waals surface area contributed by atoms with Gasteiger partial charge in [-0.25, -0.2) is 0 Å². The summed E-state index contributed by atoms with van der Waals surface area (Å²) in [4.78, 5) is 12.3. The van der Waals surface area contributed by atoms with E-state index in [4.69, 9.17) is 18.9 Å². The number of hydrogen-bond donors (Lipinski definition) is 0. The summed E-state index contributed by atoms with van der Waals surface area (Å²) in [7, 11) is 2.61. The topological polar surface area (TPSA) is 54.0 Å². The SMILES string of the molecule is COCOc1cc(OCC(F)(F)F)cc(C[Se]c2ccccc2)c1C(=O)OC. The molecule has 0 heterocycles. The van der Waals surface area contributed by atoms with Crippen LogP contribution >= 0.6 is 0 Å². The van der Waals surface area contributed by atoms with Crippen molar-refractivity contribution in [3.63, 3.8) is 0 Å². The molecular weight excluding hydrogens is 444 g/mol. The van der Waals surface area contributed by atoms with Gasteiger partial charge in [0.2, 0.25) is 0 Å². The van der Waals surface area contributed by atoms with Crippen LogP contribution in [-0.4, -0.2) is 54.7 Å². The number of carbonyl (C=O) groups excluding carboxylic acids is 1. The second kappa shape index (κ2) is 10.4. The van der Waals surface area contributed by atoms with Crippen molar-refractivity contribution >= 4 is 25.4 Å². The minimum absolute atomic E-state index is 0.0463. The Balaban J connectivity index is 2.38. The molecule has 0 radical (unpaired) electrons. The zero-order valence-electron chi connectivity index (χ0n) is 15.2. The Morgan fingerprint density at radius 2 is 1.79 bits per heavy atom. The Bertz CT molecular complexity index is 781. The van der Waals surface area contributed by atoms with Gasteiger partial charge in [-0.3, -0.25) is 0 Å². The zero-order chi connectivity index (χ0) is 20.6. The van der Waals surface area contributed by atoms with E-state index in [1.54, 1.807) is 0 Å². The molecule has 0 spiro atoms. The van der Waals surface area contributed by atoms with Gasteiger partial charge in [0.05, 0.1) is 0 Å². The fourth-order valence-corrected chi connectivity index (χ4v) is 4.14. The standard InChI is InChI=1S/C19H19F3O5Se/c1-24-12-27-16-9-14(26-11-19(20,21)22)8-13(17(16)18(23)25-2)10-28-15-6-4-3-5-7-15/h3-9H,10-12H2,1-2H3. The third kappa shape index (κ3) is 6.74. The second-order valence-electron chi connectivity index (χ2n) is 5.50. The molecule has 2 aromatic carbocycles. The van der Waals surface area contributed by atoms with Crippen LogP contribution in [0.4, 0.5) is 13.2 Å². The number of ether oxygens (including phenoxy) is 4. The van der Waals surface area contributed by atoms with Crippen LogP contribution in [-0.2, 0) is 14.8 Å². The predicted molar refractivity (Wildman–Crippen MR) is 97.4 cm³/mol. The van der Waals surface area contributed by atoms with E-state index in [0.717, 1.165) is 4.46 Å². The molecule has 28 heavy (non-hydrogen) atoms. The minimum atomic E-state index is -4.48. The number of hydrogen-bond acceptors (Lipinski definition) is 5. The number of alkyl halides is 3. The molecule has 2 aromatic rings. The Morgan fingerprint density at radius 3 is 2.39 bits per heavy atom. The molecule has 2 rings (SSSR count). The average Bonchev–Trinajstić information content (AvgIpc) is 2.68. The first-order valence-corrected chi connectivity index (χ1v) is 10.1. The van der Waals surface area contributed by atoms with Crippen molar-refractivity contribution in [1.29, 1.82) is 0 Å². The third-order valence-electron chi connectivity index (χ3n) is 3.42. The Morgan fingerprint density at radius 1 is 1.07 bits per heavy atom. The average molecular weight is 463 g/mol. The maximum atomic E-state index is 12.5. The van der Waals surface area contributed by atoms with Crippen molar-refractivity contribution in [2.75, 3.05) is 27.6 Å². The molecule has 0 N–H and O–H groups in total. The fraction of sp³-hybridized carbons (Fsp3) is 0.316. The Kier molecular flexibility index (Phi) is 8.17. The van der Waals surface area contributed by atoms with Gasteiger partial charge in [-0.1, -0.05) is 0 Å². The molecule has 0 bridgehead atoms. The molecule has 0 aliphatic rings. The van der Waals surface area contributed by atoms with Gasteiger partial charge in [-0.05, 0) is 0 Å². The van der Waals surface area contributed by atoms with Crippen LogP contribution in [0.3, 0.4) is 0 Å². The first kappa shape index (κ1) is 22.1. The molecular formula is C19H19F3O5Se. The van der Waals surface area contributed by atoms with Crippen molar-refractivity contribution in [2.45, 2.75) is 11.5 Å². The number of rotatable bonds is 9. The normalized spacial score (nSPS) is 11.2. The van der Waals surface area contributed by atoms with E-state index in [2.05, 4.69) is 0 Å². The van der Waals surface area contributed by atoms with E-state index in [1.807, 2.05) is 30.3 Å². The molecule has 0 saturated carbocycles. The fourth-order valence-electron chi connectivity index (χ4n) is 2.26. The van der Waals surface area contributed by atoms with E-state index in [1.165, 1.54) is 26.4 Å².